The highest BCUT2D eigenvalue weighted by Gasteiger charge is 2.07. The summed E-state index contributed by atoms with van der Waals surface area (Å²) in [5, 5.41) is 10.2. The van der Waals surface area contributed by atoms with Gasteiger partial charge in [0.2, 0.25) is 5.89 Å². The number of para-hydroxylation sites is 2. The summed E-state index contributed by atoms with van der Waals surface area (Å²) in [6, 6.07) is 31.3. The van der Waals surface area contributed by atoms with Gasteiger partial charge >= 0.3 is 0 Å². The average Bonchev–Trinajstić information content (AvgIpc) is 3.25. The van der Waals surface area contributed by atoms with E-state index in [2.05, 4.69) is 22.1 Å². The minimum Gasteiger partial charge on any atom is -0.507 e. The van der Waals surface area contributed by atoms with E-state index in [-0.39, 0.29) is 5.75 Å². The lowest BCUT2D eigenvalue weighted by Crippen LogP contribution is -1.91. The van der Waals surface area contributed by atoms with E-state index >= 15 is 0 Å². The number of fused-ring (bicyclic) bond motifs is 1. The third kappa shape index (κ3) is 4.23. The van der Waals surface area contributed by atoms with Gasteiger partial charge in [-0.2, -0.15) is 0 Å². The van der Waals surface area contributed by atoms with E-state index in [1.807, 2.05) is 78.9 Å². The van der Waals surface area contributed by atoms with Gasteiger partial charge in [-0.25, -0.2) is 4.98 Å². The van der Waals surface area contributed by atoms with Crippen molar-refractivity contribution in [2.75, 3.05) is 0 Å². The summed E-state index contributed by atoms with van der Waals surface area (Å²) in [6.07, 6.45) is 2.50. The summed E-state index contributed by atoms with van der Waals surface area (Å²) in [5.41, 5.74) is 6.32. The Balaban J connectivity index is 1.34. The summed E-state index contributed by atoms with van der Waals surface area (Å²) in [5.74, 6) is 0.798. The monoisotopic (exact) mass is 404 g/mol. The van der Waals surface area contributed by atoms with E-state index in [1.165, 1.54) is 5.56 Å². The molecule has 0 aliphatic heterocycles. The lowest BCUT2D eigenvalue weighted by atomic mass is 10.0. The highest BCUT2D eigenvalue weighted by molar-refractivity contribution is 5.85. The van der Waals surface area contributed by atoms with Gasteiger partial charge in [0.05, 0.1) is 5.69 Å². The van der Waals surface area contributed by atoms with Crippen molar-refractivity contribution in [2.24, 2.45) is 4.99 Å². The van der Waals surface area contributed by atoms with Gasteiger partial charge in [0.25, 0.3) is 0 Å². The molecule has 0 amide bonds. The van der Waals surface area contributed by atoms with Gasteiger partial charge in [-0.3, -0.25) is 4.99 Å². The first kappa shape index (κ1) is 18.8. The van der Waals surface area contributed by atoms with Crippen molar-refractivity contribution in [3.63, 3.8) is 0 Å². The first-order valence-corrected chi connectivity index (χ1v) is 10.1. The second kappa shape index (κ2) is 8.28. The summed E-state index contributed by atoms with van der Waals surface area (Å²) >= 11 is 0. The quantitative estimate of drug-likeness (QED) is 0.338. The molecule has 0 atom stereocenters. The molecule has 4 heteroatoms. The van der Waals surface area contributed by atoms with Crippen LogP contribution in [0.15, 0.2) is 106 Å². The molecular formula is C27H20N2O2. The maximum atomic E-state index is 10.2. The lowest BCUT2D eigenvalue weighted by Gasteiger charge is -2.05. The molecule has 31 heavy (non-hydrogen) atoms. The topological polar surface area (TPSA) is 58.6 Å². The zero-order chi connectivity index (χ0) is 21.0. The van der Waals surface area contributed by atoms with Crippen LogP contribution in [0.25, 0.3) is 22.6 Å². The maximum absolute atomic E-state index is 10.2. The number of phenolic OH excluding ortho intramolecular Hbond substituents is 1. The fourth-order valence-electron chi connectivity index (χ4n) is 3.48. The van der Waals surface area contributed by atoms with Gasteiger partial charge in [0.15, 0.2) is 5.58 Å². The molecule has 0 saturated heterocycles. The Kier molecular flexibility index (Phi) is 5.03. The summed E-state index contributed by atoms with van der Waals surface area (Å²) < 4.78 is 5.82. The van der Waals surface area contributed by atoms with Gasteiger partial charge in [0, 0.05) is 17.3 Å². The smallest absolute Gasteiger partial charge is 0.227 e. The fraction of sp³-hybridized carbons (Fsp3) is 0.0370. The standard InChI is InChI=1S/C27H20N2O2/c30-25-15-10-20(16-19-6-2-1-3-7-19)17-22(25)18-28-23-13-11-21(12-14-23)27-29-24-8-4-5-9-26(24)31-27/h1-15,17-18,30H,16H2. The number of nitrogens with zero attached hydrogens (tertiary/aromatic N) is 2. The van der Waals surface area contributed by atoms with E-state index in [0.717, 1.165) is 34.3 Å². The van der Waals surface area contributed by atoms with E-state index in [9.17, 15) is 5.11 Å². The SMILES string of the molecule is Oc1ccc(Cc2ccccc2)cc1C=Nc1ccc(-c2nc3ccccc3o2)cc1. The van der Waals surface area contributed by atoms with Crippen LogP contribution in [0.4, 0.5) is 5.69 Å². The first-order valence-electron chi connectivity index (χ1n) is 10.1. The Morgan fingerprint density at radius 2 is 1.58 bits per heavy atom. The molecule has 0 unspecified atom stereocenters. The van der Waals surface area contributed by atoms with Crippen LogP contribution in [0.2, 0.25) is 0 Å². The zero-order valence-corrected chi connectivity index (χ0v) is 16.8. The van der Waals surface area contributed by atoms with E-state index < -0.39 is 0 Å². The van der Waals surface area contributed by atoms with Gasteiger partial charge in [-0.1, -0.05) is 48.5 Å². The molecule has 0 bridgehead atoms. The molecule has 150 valence electrons. The molecule has 4 nitrogen and oxygen atoms in total. The van der Waals surface area contributed by atoms with Crippen LogP contribution in [0.1, 0.15) is 16.7 Å². The van der Waals surface area contributed by atoms with Crippen molar-refractivity contribution >= 4 is 23.0 Å². The second-order valence-corrected chi connectivity index (χ2v) is 7.35. The number of phenols is 1. The number of aliphatic imine (C=N–C) groups is 1. The van der Waals surface area contributed by atoms with Crippen LogP contribution < -0.4 is 0 Å². The maximum Gasteiger partial charge on any atom is 0.227 e. The fourth-order valence-corrected chi connectivity index (χ4v) is 3.48. The van der Waals surface area contributed by atoms with Crippen LogP contribution >= 0.6 is 0 Å². The number of hydrogen-bond acceptors (Lipinski definition) is 4. The number of rotatable bonds is 5. The number of aromatic hydroxyl groups is 1. The Hall–Kier alpha value is -4.18. The normalized spacial score (nSPS) is 11.4. The molecule has 0 saturated carbocycles. The highest BCUT2D eigenvalue weighted by Crippen LogP contribution is 2.26. The van der Waals surface area contributed by atoms with Crippen LogP contribution in [0.3, 0.4) is 0 Å². The first-order chi connectivity index (χ1) is 15.2. The molecule has 0 radical (unpaired) electrons. The number of benzene rings is 4. The van der Waals surface area contributed by atoms with Gasteiger partial charge < -0.3 is 9.52 Å². The van der Waals surface area contributed by atoms with Crippen molar-refractivity contribution in [1.29, 1.82) is 0 Å². The molecule has 5 rings (SSSR count). The second-order valence-electron chi connectivity index (χ2n) is 7.35. The molecule has 0 aliphatic carbocycles. The molecule has 5 aromatic rings. The highest BCUT2D eigenvalue weighted by atomic mass is 16.3. The van der Waals surface area contributed by atoms with Crippen molar-refractivity contribution < 1.29 is 9.52 Å². The number of hydrogen-bond donors (Lipinski definition) is 1. The minimum absolute atomic E-state index is 0.212. The average molecular weight is 404 g/mol. The molecule has 0 fully saturated rings. The third-order valence-electron chi connectivity index (χ3n) is 5.10. The summed E-state index contributed by atoms with van der Waals surface area (Å²) in [4.78, 5) is 9.05. The molecule has 4 aromatic carbocycles. The van der Waals surface area contributed by atoms with Crippen molar-refractivity contribution in [3.05, 3.63) is 114 Å². The largest absolute Gasteiger partial charge is 0.507 e. The predicted molar refractivity (Wildman–Crippen MR) is 124 cm³/mol. The molecular weight excluding hydrogens is 384 g/mol. The van der Waals surface area contributed by atoms with Crippen LogP contribution in [0, 0.1) is 0 Å². The lowest BCUT2D eigenvalue weighted by molar-refractivity contribution is 0.474. The number of aromatic nitrogens is 1. The molecule has 1 N–H and O–H groups in total. The van der Waals surface area contributed by atoms with E-state index in [0.29, 0.717) is 11.5 Å². The Morgan fingerprint density at radius 1 is 0.806 bits per heavy atom. The Labute approximate surface area is 180 Å². The zero-order valence-electron chi connectivity index (χ0n) is 16.8. The summed E-state index contributed by atoms with van der Waals surface area (Å²) in [6.45, 7) is 0. The van der Waals surface area contributed by atoms with Crippen molar-refractivity contribution in [3.8, 4) is 17.2 Å². The van der Waals surface area contributed by atoms with Crippen molar-refractivity contribution in [2.45, 2.75) is 6.42 Å². The minimum atomic E-state index is 0.212. The summed E-state index contributed by atoms with van der Waals surface area (Å²) in [7, 11) is 0. The molecule has 0 aliphatic rings. The molecule has 1 aromatic heterocycles. The van der Waals surface area contributed by atoms with Gasteiger partial charge in [-0.05, 0) is 66.1 Å². The van der Waals surface area contributed by atoms with Crippen molar-refractivity contribution in [1.82, 2.24) is 4.98 Å². The van der Waals surface area contributed by atoms with Crippen LogP contribution in [-0.4, -0.2) is 16.3 Å². The predicted octanol–water partition coefficient (Wildman–Crippen LogP) is 6.54. The Bertz CT molecular complexity index is 1320. The van der Waals surface area contributed by atoms with E-state index in [4.69, 9.17) is 4.42 Å². The van der Waals surface area contributed by atoms with Crippen LogP contribution in [0.5, 0.6) is 5.75 Å². The molecule has 1 heterocycles. The third-order valence-corrected chi connectivity index (χ3v) is 5.10. The van der Waals surface area contributed by atoms with Crippen LogP contribution in [-0.2, 0) is 6.42 Å². The van der Waals surface area contributed by atoms with Gasteiger partial charge in [0.1, 0.15) is 11.3 Å². The van der Waals surface area contributed by atoms with Gasteiger partial charge in [-0.15, -0.1) is 0 Å². The van der Waals surface area contributed by atoms with E-state index in [1.54, 1.807) is 12.3 Å². The number of oxazole rings is 1. The Morgan fingerprint density at radius 3 is 2.39 bits per heavy atom. The molecule has 0 spiro atoms.